The first kappa shape index (κ1) is 26.1. The molecule has 0 fully saturated rings. The van der Waals surface area contributed by atoms with Crippen LogP contribution in [-0.2, 0) is 0 Å². The molecule has 4 aromatic heterocycles. The number of para-hydroxylation sites is 1. The zero-order chi connectivity index (χ0) is 30.5. The topological polar surface area (TPSA) is 64.5 Å². The fourth-order valence-corrected chi connectivity index (χ4v) is 6.23. The van der Waals surface area contributed by atoms with Crippen LogP contribution in [0.2, 0.25) is 0 Å². The first-order valence-corrected chi connectivity index (χ1v) is 15.3. The second-order valence-corrected chi connectivity index (χ2v) is 11.3. The third kappa shape index (κ3) is 4.45. The summed E-state index contributed by atoms with van der Waals surface area (Å²) in [6.45, 7) is 0. The lowest BCUT2D eigenvalue weighted by Gasteiger charge is -2.13. The molecular weight excluding hydrogens is 562 g/mol. The summed E-state index contributed by atoms with van der Waals surface area (Å²) in [6, 6.07) is 49.7. The Hall–Kier alpha value is -6.33. The lowest BCUT2D eigenvalue weighted by molar-refractivity contribution is 1.23. The monoisotopic (exact) mass is 587 g/mol. The number of hydrogen-bond acceptors (Lipinski definition) is 5. The molecule has 0 unspecified atom stereocenters. The van der Waals surface area contributed by atoms with E-state index in [9.17, 15) is 0 Å². The van der Waals surface area contributed by atoms with Gasteiger partial charge in [0.1, 0.15) is 0 Å². The van der Waals surface area contributed by atoms with Gasteiger partial charge in [0.2, 0.25) is 0 Å². The van der Waals surface area contributed by atoms with E-state index in [4.69, 9.17) is 19.9 Å². The van der Waals surface area contributed by atoms with Gasteiger partial charge in [0.25, 0.3) is 0 Å². The fraction of sp³-hybridized carbons (Fsp3) is 0. The zero-order valence-electron chi connectivity index (χ0n) is 24.7. The number of nitrogens with zero attached hydrogens (tertiary/aromatic N) is 5. The van der Waals surface area contributed by atoms with Crippen molar-refractivity contribution in [2.45, 2.75) is 0 Å². The molecule has 0 atom stereocenters. The Bertz CT molecular complexity index is 2600. The van der Waals surface area contributed by atoms with Gasteiger partial charge in [-0.1, -0.05) is 109 Å². The molecule has 9 rings (SSSR count). The Balaban J connectivity index is 1.23. The maximum Gasteiger partial charge on any atom is 0.161 e. The number of pyridine rings is 3. The van der Waals surface area contributed by atoms with Crippen molar-refractivity contribution < 1.29 is 0 Å². The van der Waals surface area contributed by atoms with Gasteiger partial charge in [0, 0.05) is 39.0 Å². The molecule has 0 aliphatic heterocycles. The molecule has 214 valence electrons. The number of benzene rings is 5. The highest BCUT2D eigenvalue weighted by molar-refractivity contribution is 6.04. The molecule has 0 bridgehead atoms. The minimum Gasteiger partial charge on any atom is -0.255 e. The molecule has 0 aliphatic rings. The average Bonchev–Trinajstić information content (AvgIpc) is 3.14. The second-order valence-electron chi connectivity index (χ2n) is 11.3. The normalized spacial score (nSPS) is 11.5. The van der Waals surface area contributed by atoms with Crippen molar-refractivity contribution in [1.82, 2.24) is 24.9 Å². The first-order chi connectivity index (χ1) is 22.8. The Morgan fingerprint density at radius 3 is 1.87 bits per heavy atom. The summed E-state index contributed by atoms with van der Waals surface area (Å²) in [5.41, 5.74) is 8.92. The number of aromatic nitrogens is 5. The molecule has 5 heteroatoms. The van der Waals surface area contributed by atoms with Crippen LogP contribution < -0.4 is 0 Å². The molecule has 0 radical (unpaired) electrons. The molecule has 4 heterocycles. The van der Waals surface area contributed by atoms with E-state index in [0.717, 1.165) is 72.2 Å². The smallest absolute Gasteiger partial charge is 0.161 e. The van der Waals surface area contributed by atoms with Crippen LogP contribution in [0.1, 0.15) is 0 Å². The Labute approximate surface area is 264 Å². The van der Waals surface area contributed by atoms with E-state index in [0.29, 0.717) is 5.82 Å². The maximum atomic E-state index is 5.23. The molecule has 0 aliphatic carbocycles. The van der Waals surface area contributed by atoms with Crippen LogP contribution in [0.3, 0.4) is 0 Å². The molecule has 0 N–H and O–H groups in total. The lowest BCUT2D eigenvalue weighted by atomic mass is 10.00. The summed E-state index contributed by atoms with van der Waals surface area (Å²) in [5.74, 6) is 0.660. The minimum atomic E-state index is 0.660. The van der Waals surface area contributed by atoms with Gasteiger partial charge in [-0.05, 0) is 47.2 Å². The number of hydrogen-bond donors (Lipinski definition) is 0. The molecule has 9 aromatic rings. The summed E-state index contributed by atoms with van der Waals surface area (Å²) in [6.07, 6.45) is 1.79. The van der Waals surface area contributed by atoms with Crippen LogP contribution in [-0.4, -0.2) is 24.9 Å². The highest BCUT2D eigenvalue weighted by Gasteiger charge is 2.17. The van der Waals surface area contributed by atoms with Crippen LogP contribution >= 0.6 is 0 Å². The van der Waals surface area contributed by atoms with Crippen molar-refractivity contribution in [2.75, 3.05) is 0 Å². The third-order valence-corrected chi connectivity index (χ3v) is 8.52. The van der Waals surface area contributed by atoms with Gasteiger partial charge in [-0.15, -0.1) is 0 Å². The van der Waals surface area contributed by atoms with Gasteiger partial charge in [0.15, 0.2) is 5.82 Å². The summed E-state index contributed by atoms with van der Waals surface area (Å²) in [7, 11) is 0. The molecule has 0 amide bonds. The SMILES string of the molecule is c1ccc(-c2ccc3ccc4ccc(-c5ccccc5-c5nc(-c6ccc7ccccc7c6)c6ccccc6n5)nc4c3n2)nc1. The fourth-order valence-electron chi connectivity index (χ4n) is 6.23. The third-order valence-electron chi connectivity index (χ3n) is 8.52. The standard InChI is InChI=1S/C41H25N5/c1-2-10-29-25-30(19-16-26(29)9-1)38-33-13-5-6-14-34(33)45-41(46-38)32-12-4-3-11-31(32)35-22-20-27-17-18-28-21-23-37(36-15-7-8-24-42-36)44-40(28)39(27)43-35/h1-25H. The summed E-state index contributed by atoms with van der Waals surface area (Å²) >= 11 is 0. The van der Waals surface area contributed by atoms with Crippen molar-refractivity contribution >= 4 is 43.5 Å². The first-order valence-electron chi connectivity index (χ1n) is 15.3. The zero-order valence-corrected chi connectivity index (χ0v) is 24.7. The predicted molar refractivity (Wildman–Crippen MR) is 187 cm³/mol. The molecule has 5 aromatic carbocycles. The Morgan fingerprint density at radius 1 is 0.391 bits per heavy atom. The summed E-state index contributed by atoms with van der Waals surface area (Å²) < 4.78 is 0. The van der Waals surface area contributed by atoms with E-state index in [1.807, 2.05) is 48.5 Å². The van der Waals surface area contributed by atoms with Crippen LogP contribution in [0.25, 0.3) is 88.8 Å². The van der Waals surface area contributed by atoms with Gasteiger partial charge < -0.3 is 0 Å². The van der Waals surface area contributed by atoms with E-state index >= 15 is 0 Å². The quantitative estimate of drug-likeness (QED) is 0.192. The van der Waals surface area contributed by atoms with E-state index in [1.54, 1.807) is 6.20 Å². The largest absolute Gasteiger partial charge is 0.255 e. The van der Waals surface area contributed by atoms with Gasteiger partial charge in [-0.2, -0.15) is 0 Å². The van der Waals surface area contributed by atoms with Crippen LogP contribution in [0.4, 0.5) is 0 Å². The Morgan fingerprint density at radius 2 is 1.04 bits per heavy atom. The molecule has 5 nitrogen and oxygen atoms in total. The van der Waals surface area contributed by atoms with E-state index in [1.165, 1.54) is 10.8 Å². The van der Waals surface area contributed by atoms with Crippen LogP contribution in [0.5, 0.6) is 0 Å². The predicted octanol–water partition coefficient (Wildman–Crippen LogP) is 9.94. The summed E-state index contributed by atoms with van der Waals surface area (Å²) in [4.78, 5) is 25.1. The van der Waals surface area contributed by atoms with Crippen molar-refractivity contribution in [3.63, 3.8) is 0 Å². The van der Waals surface area contributed by atoms with Crippen molar-refractivity contribution in [3.05, 3.63) is 152 Å². The highest BCUT2D eigenvalue weighted by atomic mass is 14.9. The maximum absolute atomic E-state index is 5.23. The lowest BCUT2D eigenvalue weighted by Crippen LogP contribution is -1.98. The number of fused-ring (bicyclic) bond motifs is 5. The number of rotatable bonds is 4. The van der Waals surface area contributed by atoms with Gasteiger partial charge in [0.05, 0.1) is 39.3 Å². The average molecular weight is 588 g/mol. The van der Waals surface area contributed by atoms with E-state index < -0.39 is 0 Å². The van der Waals surface area contributed by atoms with E-state index in [-0.39, 0.29) is 0 Å². The van der Waals surface area contributed by atoms with Crippen molar-refractivity contribution in [2.24, 2.45) is 0 Å². The van der Waals surface area contributed by atoms with Crippen molar-refractivity contribution in [1.29, 1.82) is 0 Å². The van der Waals surface area contributed by atoms with Crippen molar-refractivity contribution in [3.8, 4) is 45.3 Å². The van der Waals surface area contributed by atoms with Gasteiger partial charge in [-0.3, -0.25) is 4.98 Å². The molecule has 0 saturated heterocycles. The van der Waals surface area contributed by atoms with Crippen LogP contribution in [0.15, 0.2) is 152 Å². The van der Waals surface area contributed by atoms with Crippen LogP contribution in [0, 0.1) is 0 Å². The summed E-state index contributed by atoms with van der Waals surface area (Å²) in [5, 5.41) is 5.45. The highest BCUT2D eigenvalue weighted by Crippen LogP contribution is 2.36. The molecular formula is C41H25N5. The van der Waals surface area contributed by atoms with Gasteiger partial charge >= 0.3 is 0 Å². The second kappa shape index (κ2) is 10.7. The molecule has 0 spiro atoms. The minimum absolute atomic E-state index is 0.660. The molecule has 0 saturated carbocycles. The van der Waals surface area contributed by atoms with Gasteiger partial charge in [-0.25, -0.2) is 19.9 Å². The van der Waals surface area contributed by atoms with E-state index in [2.05, 4.69) is 102 Å². The Kier molecular flexibility index (Phi) is 6.06. The molecule has 46 heavy (non-hydrogen) atoms.